The van der Waals surface area contributed by atoms with Crippen LogP contribution in [-0.4, -0.2) is 5.78 Å². The summed E-state index contributed by atoms with van der Waals surface area (Å²) in [5.41, 5.74) is 5.95. The van der Waals surface area contributed by atoms with Crippen LogP contribution >= 0.6 is 15.9 Å². The molecule has 0 unspecified atom stereocenters. The number of ketones is 1. The molecule has 98 valence electrons. The number of anilines is 1. The van der Waals surface area contributed by atoms with Gasteiger partial charge in [-0.25, -0.2) is 8.78 Å². The first-order valence-electron chi connectivity index (χ1n) is 5.49. The van der Waals surface area contributed by atoms with Gasteiger partial charge in [0.25, 0.3) is 0 Å². The molecule has 0 spiro atoms. The SMILES string of the molecule is Nc1c(F)cccc1C(=O)Cc1cc(F)cc(Br)c1. The molecule has 0 aliphatic heterocycles. The minimum absolute atomic E-state index is 0.0377. The van der Waals surface area contributed by atoms with Crippen molar-refractivity contribution < 1.29 is 13.6 Å². The molecule has 0 bridgehead atoms. The predicted octanol–water partition coefficient (Wildman–Crippen LogP) is 3.73. The zero-order chi connectivity index (χ0) is 14.0. The zero-order valence-electron chi connectivity index (χ0n) is 9.79. The van der Waals surface area contributed by atoms with E-state index in [-0.39, 0.29) is 23.5 Å². The fourth-order valence-electron chi connectivity index (χ4n) is 1.77. The molecule has 0 radical (unpaired) electrons. The summed E-state index contributed by atoms with van der Waals surface area (Å²) in [6.07, 6.45) is -0.0377. The Bertz CT molecular complexity index is 623. The minimum atomic E-state index is -0.633. The Morgan fingerprint density at radius 2 is 1.95 bits per heavy atom. The summed E-state index contributed by atoms with van der Waals surface area (Å²) in [7, 11) is 0. The van der Waals surface area contributed by atoms with E-state index >= 15 is 0 Å². The van der Waals surface area contributed by atoms with E-state index in [1.807, 2.05) is 0 Å². The Kier molecular flexibility index (Phi) is 3.95. The van der Waals surface area contributed by atoms with E-state index in [0.29, 0.717) is 10.0 Å². The van der Waals surface area contributed by atoms with Gasteiger partial charge in [0.05, 0.1) is 5.69 Å². The maximum atomic E-state index is 13.3. The molecule has 0 amide bonds. The van der Waals surface area contributed by atoms with Crippen molar-refractivity contribution in [1.29, 1.82) is 0 Å². The molecule has 0 aliphatic rings. The molecule has 0 atom stereocenters. The molecule has 0 saturated heterocycles. The molecule has 19 heavy (non-hydrogen) atoms. The standard InChI is InChI=1S/C14H10BrF2NO/c15-9-4-8(5-10(16)7-9)6-13(19)11-2-1-3-12(17)14(11)18/h1-5,7H,6,18H2. The third-order valence-electron chi connectivity index (χ3n) is 2.64. The predicted molar refractivity (Wildman–Crippen MR) is 72.9 cm³/mol. The van der Waals surface area contributed by atoms with Gasteiger partial charge in [-0.2, -0.15) is 0 Å². The quantitative estimate of drug-likeness (QED) is 0.690. The highest BCUT2D eigenvalue weighted by Crippen LogP contribution is 2.20. The van der Waals surface area contributed by atoms with Crippen LogP contribution in [0.5, 0.6) is 0 Å². The molecule has 0 fully saturated rings. The molecule has 0 saturated carbocycles. The van der Waals surface area contributed by atoms with Crippen molar-refractivity contribution in [1.82, 2.24) is 0 Å². The van der Waals surface area contributed by atoms with Crippen molar-refractivity contribution in [2.24, 2.45) is 0 Å². The van der Waals surface area contributed by atoms with Crippen LogP contribution in [0.3, 0.4) is 0 Å². The van der Waals surface area contributed by atoms with Crippen molar-refractivity contribution in [3.63, 3.8) is 0 Å². The monoisotopic (exact) mass is 325 g/mol. The zero-order valence-corrected chi connectivity index (χ0v) is 11.4. The van der Waals surface area contributed by atoms with Gasteiger partial charge >= 0.3 is 0 Å². The third-order valence-corrected chi connectivity index (χ3v) is 3.10. The van der Waals surface area contributed by atoms with Crippen LogP contribution in [-0.2, 0) is 6.42 Å². The summed E-state index contributed by atoms with van der Waals surface area (Å²) in [5, 5.41) is 0. The lowest BCUT2D eigenvalue weighted by Gasteiger charge is -2.06. The minimum Gasteiger partial charge on any atom is -0.396 e. The van der Waals surface area contributed by atoms with Gasteiger partial charge < -0.3 is 5.73 Å². The highest BCUT2D eigenvalue weighted by molar-refractivity contribution is 9.10. The Morgan fingerprint density at radius 3 is 2.63 bits per heavy atom. The van der Waals surface area contributed by atoms with E-state index in [1.54, 1.807) is 6.07 Å². The van der Waals surface area contributed by atoms with Crippen molar-refractivity contribution in [3.8, 4) is 0 Å². The lowest BCUT2D eigenvalue weighted by Crippen LogP contribution is -2.08. The van der Waals surface area contributed by atoms with Crippen molar-refractivity contribution in [2.75, 3.05) is 5.73 Å². The first-order chi connectivity index (χ1) is 8.97. The number of rotatable bonds is 3. The highest BCUT2D eigenvalue weighted by atomic mass is 79.9. The second-order valence-electron chi connectivity index (χ2n) is 4.08. The molecule has 2 aromatic carbocycles. The summed E-state index contributed by atoms with van der Waals surface area (Å²) in [4.78, 5) is 12.0. The van der Waals surface area contributed by atoms with Crippen LogP contribution < -0.4 is 5.73 Å². The number of nitrogens with two attached hydrogens (primary N) is 1. The van der Waals surface area contributed by atoms with E-state index in [1.165, 1.54) is 30.3 Å². The van der Waals surface area contributed by atoms with Crippen LogP contribution in [0, 0.1) is 11.6 Å². The number of halogens is 3. The highest BCUT2D eigenvalue weighted by Gasteiger charge is 2.13. The van der Waals surface area contributed by atoms with Crippen LogP contribution in [0.25, 0.3) is 0 Å². The van der Waals surface area contributed by atoms with Crippen LogP contribution in [0.1, 0.15) is 15.9 Å². The van der Waals surface area contributed by atoms with E-state index in [0.717, 1.165) is 0 Å². The number of nitrogen functional groups attached to an aromatic ring is 1. The molecule has 2 N–H and O–H groups in total. The lowest BCUT2D eigenvalue weighted by atomic mass is 10.0. The van der Waals surface area contributed by atoms with Gasteiger partial charge in [-0.3, -0.25) is 4.79 Å². The van der Waals surface area contributed by atoms with E-state index in [4.69, 9.17) is 5.73 Å². The second-order valence-corrected chi connectivity index (χ2v) is 4.99. The van der Waals surface area contributed by atoms with Gasteiger partial charge in [0.15, 0.2) is 5.78 Å². The lowest BCUT2D eigenvalue weighted by molar-refractivity contribution is 0.0993. The fourth-order valence-corrected chi connectivity index (χ4v) is 2.29. The summed E-state index contributed by atoms with van der Waals surface area (Å²) in [6.45, 7) is 0. The molecular formula is C14H10BrF2NO. The molecule has 0 aromatic heterocycles. The molecule has 5 heteroatoms. The summed E-state index contributed by atoms with van der Waals surface area (Å²) in [6, 6.07) is 8.25. The number of Topliss-reactive ketones (excluding diaryl/α,β-unsaturated/α-hetero) is 1. The van der Waals surface area contributed by atoms with Gasteiger partial charge in [-0.15, -0.1) is 0 Å². The smallest absolute Gasteiger partial charge is 0.169 e. The van der Waals surface area contributed by atoms with Gasteiger partial charge in [0, 0.05) is 16.5 Å². The second kappa shape index (κ2) is 5.48. The van der Waals surface area contributed by atoms with Crippen LogP contribution in [0.2, 0.25) is 0 Å². The number of para-hydroxylation sites is 1. The number of benzene rings is 2. The van der Waals surface area contributed by atoms with Gasteiger partial charge in [-0.1, -0.05) is 22.0 Å². The molecule has 2 rings (SSSR count). The average Bonchev–Trinajstić information content (AvgIpc) is 2.31. The van der Waals surface area contributed by atoms with Crippen LogP contribution in [0.4, 0.5) is 14.5 Å². The summed E-state index contributed by atoms with van der Waals surface area (Å²) < 4.78 is 27.0. The first-order valence-corrected chi connectivity index (χ1v) is 6.29. The van der Waals surface area contributed by atoms with Crippen molar-refractivity contribution >= 4 is 27.4 Å². The largest absolute Gasteiger partial charge is 0.396 e. The number of hydrogen-bond donors (Lipinski definition) is 1. The normalized spacial score (nSPS) is 10.5. The maximum absolute atomic E-state index is 13.3. The molecule has 2 aromatic rings. The first kappa shape index (κ1) is 13.7. The van der Waals surface area contributed by atoms with Crippen molar-refractivity contribution in [2.45, 2.75) is 6.42 Å². The number of carbonyl (C=O) groups is 1. The van der Waals surface area contributed by atoms with Crippen molar-refractivity contribution in [3.05, 3.63) is 63.6 Å². The molecule has 2 nitrogen and oxygen atoms in total. The van der Waals surface area contributed by atoms with E-state index in [2.05, 4.69) is 15.9 Å². The van der Waals surface area contributed by atoms with Gasteiger partial charge in [-0.05, 0) is 35.9 Å². The molecule has 0 aliphatic carbocycles. The number of hydrogen-bond acceptors (Lipinski definition) is 2. The molecular weight excluding hydrogens is 316 g/mol. The van der Waals surface area contributed by atoms with Crippen LogP contribution in [0.15, 0.2) is 40.9 Å². The Labute approximate surface area is 117 Å². The summed E-state index contributed by atoms with van der Waals surface area (Å²) in [5.74, 6) is -1.43. The topological polar surface area (TPSA) is 43.1 Å². The fraction of sp³-hybridized carbons (Fsp3) is 0.0714. The third kappa shape index (κ3) is 3.17. The summed E-state index contributed by atoms with van der Waals surface area (Å²) >= 11 is 3.15. The average molecular weight is 326 g/mol. The Hall–Kier alpha value is -1.75. The Morgan fingerprint density at radius 1 is 1.21 bits per heavy atom. The van der Waals surface area contributed by atoms with Gasteiger partial charge in [0.2, 0.25) is 0 Å². The van der Waals surface area contributed by atoms with E-state index in [9.17, 15) is 13.6 Å². The Balaban J connectivity index is 2.28. The van der Waals surface area contributed by atoms with Gasteiger partial charge in [0.1, 0.15) is 11.6 Å². The van der Waals surface area contributed by atoms with E-state index < -0.39 is 11.6 Å². The molecule has 0 heterocycles. The number of carbonyl (C=O) groups excluding carboxylic acids is 1. The maximum Gasteiger partial charge on any atom is 0.169 e.